The normalized spacial score (nSPS) is 11.3. The van der Waals surface area contributed by atoms with Crippen molar-refractivity contribution in [2.75, 3.05) is 6.54 Å². The molecule has 0 saturated heterocycles. The number of carbonyl (C=O) groups is 1. The number of carbonyl (C=O) groups excluding carboxylic acids is 1. The molecule has 0 saturated carbocycles. The van der Waals surface area contributed by atoms with Crippen molar-refractivity contribution in [1.29, 1.82) is 0 Å². The summed E-state index contributed by atoms with van der Waals surface area (Å²) in [7, 11) is 0. The zero-order chi connectivity index (χ0) is 22.8. The maximum atomic E-state index is 13.1. The molecule has 0 unspecified atom stereocenters. The summed E-state index contributed by atoms with van der Waals surface area (Å²) in [5, 5.41) is 13.7. The second-order valence-electron chi connectivity index (χ2n) is 7.83. The van der Waals surface area contributed by atoms with E-state index < -0.39 is 0 Å². The van der Waals surface area contributed by atoms with Crippen LogP contribution in [0.15, 0.2) is 65.2 Å². The first-order valence-electron chi connectivity index (χ1n) is 10.7. The van der Waals surface area contributed by atoms with Gasteiger partial charge >= 0.3 is 0 Å². The summed E-state index contributed by atoms with van der Waals surface area (Å²) in [6, 6.07) is 13.8. The van der Waals surface area contributed by atoms with E-state index in [9.17, 15) is 9.59 Å². The minimum absolute atomic E-state index is 0.125. The molecule has 4 heterocycles. The lowest BCUT2D eigenvalue weighted by atomic mass is 10.1. The van der Waals surface area contributed by atoms with Gasteiger partial charge < -0.3 is 5.32 Å². The van der Waals surface area contributed by atoms with E-state index >= 15 is 0 Å². The van der Waals surface area contributed by atoms with Gasteiger partial charge in [0.25, 0.3) is 5.56 Å². The molecule has 0 radical (unpaired) electrons. The van der Waals surface area contributed by atoms with Gasteiger partial charge in [-0.05, 0) is 24.6 Å². The van der Waals surface area contributed by atoms with Crippen molar-refractivity contribution >= 4 is 33.1 Å². The predicted octanol–water partition coefficient (Wildman–Crippen LogP) is 3.23. The van der Waals surface area contributed by atoms with Gasteiger partial charge in [-0.2, -0.15) is 0 Å². The van der Waals surface area contributed by atoms with Crippen LogP contribution in [0.1, 0.15) is 17.8 Å². The number of aryl methyl sites for hydroxylation is 2. The fourth-order valence-corrected chi connectivity index (χ4v) is 4.66. The number of amides is 1. The van der Waals surface area contributed by atoms with E-state index in [2.05, 4.69) is 20.5 Å². The quantitative estimate of drug-likeness (QED) is 0.404. The van der Waals surface area contributed by atoms with Gasteiger partial charge in [0.1, 0.15) is 10.7 Å². The molecule has 9 heteroatoms. The van der Waals surface area contributed by atoms with Gasteiger partial charge in [-0.3, -0.25) is 18.6 Å². The van der Waals surface area contributed by atoms with E-state index in [4.69, 9.17) is 0 Å². The van der Waals surface area contributed by atoms with Gasteiger partial charge in [0.2, 0.25) is 5.91 Å². The maximum absolute atomic E-state index is 13.1. The Morgan fingerprint density at radius 3 is 2.82 bits per heavy atom. The zero-order valence-corrected chi connectivity index (χ0v) is 18.9. The van der Waals surface area contributed by atoms with Gasteiger partial charge in [-0.25, -0.2) is 4.98 Å². The summed E-state index contributed by atoms with van der Waals surface area (Å²) in [5.74, 6) is 0.665. The number of nitrogens with one attached hydrogen (secondary N) is 1. The van der Waals surface area contributed by atoms with Crippen molar-refractivity contribution < 1.29 is 4.79 Å². The standard InChI is InChI=1S/C24H22N6O2S/c1-16-5-7-17(8-6-16)18-14-33-23-22(18)24(32)29(15-26-23)13-10-21(31)25-11-9-20-28-27-19-4-2-3-12-30(19)20/h2-8,12,14-15H,9-11,13H2,1H3,(H,25,31). The molecule has 1 amide bonds. The van der Waals surface area contributed by atoms with Crippen LogP contribution >= 0.6 is 11.3 Å². The Balaban J connectivity index is 1.24. The predicted molar refractivity (Wildman–Crippen MR) is 128 cm³/mol. The SMILES string of the molecule is Cc1ccc(-c2csc3ncn(CCC(=O)NCCc4nnc5ccccn45)c(=O)c23)cc1. The number of benzene rings is 1. The molecule has 33 heavy (non-hydrogen) atoms. The molecule has 0 bridgehead atoms. The minimum atomic E-state index is -0.125. The van der Waals surface area contributed by atoms with Crippen LogP contribution < -0.4 is 10.9 Å². The number of hydrogen-bond acceptors (Lipinski definition) is 6. The fourth-order valence-electron chi connectivity index (χ4n) is 3.76. The fraction of sp³-hybridized carbons (Fsp3) is 0.208. The third-order valence-corrected chi connectivity index (χ3v) is 6.44. The third-order valence-electron chi connectivity index (χ3n) is 5.56. The van der Waals surface area contributed by atoms with Crippen LogP contribution in [0.25, 0.3) is 27.0 Å². The second-order valence-corrected chi connectivity index (χ2v) is 8.69. The Hall–Kier alpha value is -3.85. The molecular formula is C24H22N6O2S. The molecule has 0 spiro atoms. The van der Waals surface area contributed by atoms with Crippen LogP contribution in [0.4, 0.5) is 0 Å². The highest BCUT2D eigenvalue weighted by atomic mass is 32.1. The third kappa shape index (κ3) is 4.27. The lowest BCUT2D eigenvalue weighted by molar-refractivity contribution is -0.121. The van der Waals surface area contributed by atoms with Crippen LogP contribution in [-0.4, -0.2) is 36.6 Å². The van der Waals surface area contributed by atoms with Crippen molar-refractivity contribution in [3.05, 3.63) is 82.1 Å². The number of aromatic nitrogens is 5. The molecule has 5 aromatic rings. The van der Waals surface area contributed by atoms with Gasteiger partial charge in [-0.1, -0.05) is 35.9 Å². The first kappa shape index (κ1) is 21.0. The van der Waals surface area contributed by atoms with Crippen LogP contribution in [0.2, 0.25) is 0 Å². The molecular weight excluding hydrogens is 436 g/mol. The van der Waals surface area contributed by atoms with Crippen LogP contribution in [-0.2, 0) is 17.8 Å². The van der Waals surface area contributed by atoms with E-state index in [-0.39, 0.29) is 24.4 Å². The lowest BCUT2D eigenvalue weighted by Gasteiger charge is -2.07. The smallest absolute Gasteiger partial charge is 0.262 e. The van der Waals surface area contributed by atoms with Crippen molar-refractivity contribution in [3.8, 4) is 11.1 Å². The van der Waals surface area contributed by atoms with Crippen LogP contribution in [0, 0.1) is 6.92 Å². The van der Waals surface area contributed by atoms with Crippen molar-refractivity contribution in [2.45, 2.75) is 26.3 Å². The van der Waals surface area contributed by atoms with Crippen LogP contribution in [0.5, 0.6) is 0 Å². The van der Waals surface area contributed by atoms with E-state index in [1.54, 1.807) is 0 Å². The average Bonchev–Trinajstić information content (AvgIpc) is 3.44. The topological polar surface area (TPSA) is 94.2 Å². The van der Waals surface area contributed by atoms with Gasteiger partial charge in [0, 0.05) is 43.1 Å². The van der Waals surface area contributed by atoms with E-state index in [0.29, 0.717) is 23.2 Å². The Labute approximate surface area is 193 Å². The largest absolute Gasteiger partial charge is 0.356 e. The Morgan fingerprint density at radius 1 is 1.12 bits per heavy atom. The molecule has 1 aromatic carbocycles. The van der Waals surface area contributed by atoms with Crippen molar-refractivity contribution in [2.24, 2.45) is 0 Å². The highest BCUT2D eigenvalue weighted by Crippen LogP contribution is 2.30. The first-order chi connectivity index (χ1) is 16.1. The van der Waals surface area contributed by atoms with Crippen LogP contribution in [0.3, 0.4) is 0 Å². The van der Waals surface area contributed by atoms with Gasteiger partial charge in [-0.15, -0.1) is 21.5 Å². The minimum Gasteiger partial charge on any atom is -0.356 e. The Kier molecular flexibility index (Phi) is 5.70. The molecule has 166 valence electrons. The monoisotopic (exact) mass is 458 g/mol. The summed E-state index contributed by atoms with van der Waals surface area (Å²) in [4.78, 5) is 30.6. The molecule has 1 N–H and O–H groups in total. The Bertz CT molecular complexity index is 1500. The van der Waals surface area contributed by atoms with E-state index in [1.807, 2.05) is 65.4 Å². The van der Waals surface area contributed by atoms with E-state index in [0.717, 1.165) is 28.2 Å². The highest BCUT2D eigenvalue weighted by Gasteiger charge is 2.14. The zero-order valence-electron chi connectivity index (χ0n) is 18.1. The molecule has 4 aromatic heterocycles. The maximum Gasteiger partial charge on any atom is 0.262 e. The number of nitrogens with zero attached hydrogens (tertiary/aromatic N) is 5. The molecule has 0 aliphatic heterocycles. The molecule has 0 fully saturated rings. The number of hydrogen-bond donors (Lipinski definition) is 1. The van der Waals surface area contributed by atoms with Gasteiger partial charge in [0.15, 0.2) is 5.65 Å². The highest BCUT2D eigenvalue weighted by molar-refractivity contribution is 7.17. The summed E-state index contributed by atoms with van der Waals surface area (Å²) < 4.78 is 3.41. The van der Waals surface area contributed by atoms with Gasteiger partial charge in [0.05, 0.1) is 11.7 Å². The summed E-state index contributed by atoms with van der Waals surface area (Å²) in [6.45, 7) is 2.75. The summed E-state index contributed by atoms with van der Waals surface area (Å²) in [6.07, 6.45) is 4.18. The molecule has 0 atom stereocenters. The van der Waals surface area contributed by atoms with Crippen molar-refractivity contribution in [3.63, 3.8) is 0 Å². The van der Waals surface area contributed by atoms with Crippen molar-refractivity contribution in [1.82, 2.24) is 29.5 Å². The summed E-state index contributed by atoms with van der Waals surface area (Å²) in [5.41, 5.74) is 3.69. The summed E-state index contributed by atoms with van der Waals surface area (Å²) >= 11 is 1.45. The second kappa shape index (κ2) is 8.95. The average molecular weight is 459 g/mol. The lowest BCUT2D eigenvalue weighted by Crippen LogP contribution is -2.29. The molecule has 0 aliphatic rings. The molecule has 5 rings (SSSR count). The first-order valence-corrected chi connectivity index (χ1v) is 11.6. The number of pyridine rings is 1. The number of thiophene rings is 1. The Morgan fingerprint density at radius 2 is 1.97 bits per heavy atom. The number of rotatable bonds is 7. The van der Waals surface area contributed by atoms with E-state index in [1.165, 1.54) is 22.2 Å². The number of fused-ring (bicyclic) bond motifs is 2. The molecule has 0 aliphatic carbocycles. The molecule has 8 nitrogen and oxygen atoms in total.